The first-order valence-electron chi connectivity index (χ1n) is 11.6. The van der Waals surface area contributed by atoms with Gasteiger partial charge in [-0.3, -0.25) is 24.1 Å². The first-order chi connectivity index (χ1) is 17.9. The van der Waals surface area contributed by atoms with Crippen LogP contribution in [-0.4, -0.2) is 79.3 Å². The third kappa shape index (κ3) is 6.49. The number of nitrogens with zero attached hydrogens (tertiary/aromatic N) is 2. The molecule has 0 saturated carbocycles. The third-order valence-electron chi connectivity index (χ3n) is 5.79. The van der Waals surface area contributed by atoms with Crippen molar-refractivity contribution < 1.29 is 33.4 Å². The number of carbonyl (C=O) groups excluding carboxylic acids is 4. The van der Waals surface area contributed by atoms with Crippen LogP contribution in [0.25, 0.3) is 6.08 Å². The molecule has 2 fully saturated rings. The maximum absolute atomic E-state index is 12.9. The molecule has 11 heteroatoms. The number of benzene rings is 2. The zero-order valence-corrected chi connectivity index (χ0v) is 21.3. The van der Waals surface area contributed by atoms with Crippen LogP contribution in [0.4, 0.5) is 10.5 Å². The van der Waals surface area contributed by atoms with Gasteiger partial charge in [-0.15, -0.1) is 0 Å². The highest BCUT2D eigenvalue weighted by Gasteiger charge is 2.36. The zero-order valence-electron chi connectivity index (χ0n) is 20.5. The van der Waals surface area contributed by atoms with Crippen molar-refractivity contribution in [3.05, 3.63) is 58.5 Å². The van der Waals surface area contributed by atoms with E-state index in [0.29, 0.717) is 49.1 Å². The molecule has 4 amide bonds. The fourth-order valence-electron chi connectivity index (χ4n) is 3.77. The second kappa shape index (κ2) is 11.9. The van der Waals surface area contributed by atoms with E-state index in [1.54, 1.807) is 41.3 Å². The number of thioether (sulfide) groups is 1. The Bertz CT molecular complexity index is 1240. The number of anilines is 1. The van der Waals surface area contributed by atoms with Crippen LogP contribution in [0.15, 0.2) is 47.4 Å². The summed E-state index contributed by atoms with van der Waals surface area (Å²) in [6, 6.07) is 12.2. The van der Waals surface area contributed by atoms with Gasteiger partial charge in [0.2, 0.25) is 5.91 Å². The molecule has 37 heavy (non-hydrogen) atoms. The molecule has 0 aromatic heterocycles. The maximum Gasteiger partial charge on any atom is 0.294 e. The van der Waals surface area contributed by atoms with Crippen molar-refractivity contribution in [2.24, 2.45) is 0 Å². The number of morpholine rings is 1. The van der Waals surface area contributed by atoms with Gasteiger partial charge in [-0.1, -0.05) is 24.3 Å². The molecule has 194 valence electrons. The van der Waals surface area contributed by atoms with E-state index in [1.807, 2.05) is 19.1 Å². The molecule has 2 heterocycles. The first kappa shape index (κ1) is 26.2. The van der Waals surface area contributed by atoms with E-state index in [1.165, 1.54) is 7.11 Å². The van der Waals surface area contributed by atoms with Crippen LogP contribution in [0.5, 0.6) is 11.5 Å². The molecule has 10 nitrogen and oxygen atoms in total. The molecule has 2 aromatic rings. The monoisotopic (exact) mass is 525 g/mol. The molecule has 1 N–H and O–H groups in total. The fraction of sp³-hybridized carbons (Fsp3) is 0.308. The van der Waals surface area contributed by atoms with Crippen LogP contribution in [0.2, 0.25) is 0 Å². The van der Waals surface area contributed by atoms with Gasteiger partial charge in [0.15, 0.2) is 18.1 Å². The number of hydrogen-bond donors (Lipinski definition) is 1. The van der Waals surface area contributed by atoms with Crippen molar-refractivity contribution in [3.8, 4) is 11.5 Å². The van der Waals surface area contributed by atoms with Gasteiger partial charge in [-0.2, -0.15) is 0 Å². The van der Waals surface area contributed by atoms with E-state index < -0.39 is 17.1 Å². The third-order valence-corrected chi connectivity index (χ3v) is 6.70. The Morgan fingerprint density at radius 2 is 1.86 bits per heavy atom. The van der Waals surface area contributed by atoms with Crippen molar-refractivity contribution >= 4 is 46.5 Å². The minimum atomic E-state index is -0.551. The number of carbonyl (C=O) groups is 4. The van der Waals surface area contributed by atoms with Gasteiger partial charge in [0.1, 0.15) is 6.54 Å². The van der Waals surface area contributed by atoms with Crippen LogP contribution in [0, 0.1) is 6.92 Å². The Labute approximate surface area is 218 Å². The van der Waals surface area contributed by atoms with Crippen LogP contribution in [0.3, 0.4) is 0 Å². The molecule has 0 aliphatic carbocycles. The molecule has 0 spiro atoms. The SMILES string of the molecule is COc1cc(/C=C2\SC(=O)N(CC(=O)Nc3ccccc3C)C2=O)ccc1OCC(=O)N1CCOCC1. The number of methoxy groups -OCH3 is 1. The maximum atomic E-state index is 12.9. The van der Waals surface area contributed by atoms with Gasteiger partial charge in [-0.25, -0.2) is 0 Å². The minimum absolute atomic E-state index is 0.140. The van der Waals surface area contributed by atoms with E-state index in [-0.39, 0.29) is 24.0 Å². The summed E-state index contributed by atoms with van der Waals surface area (Å²) >= 11 is 0.762. The second-order valence-electron chi connectivity index (χ2n) is 8.32. The summed E-state index contributed by atoms with van der Waals surface area (Å²) in [5, 5.41) is 2.20. The normalized spacial score (nSPS) is 16.8. The Balaban J connectivity index is 1.39. The topological polar surface area (TPSA) is 114 Å². The van der Waals surface area contributed by atoms with Gasteiger partial charge in [0, 0.05) is 18.8 Å². The Kier molecular flexibility index (Phi) is 8.47. The van der Waals surface area contributed by atoms with E-state index in [0.717, 1.165) is 22.2 Å². The Morgan fingerprint density at radius 1 is 1.11 bits per heavy atom. The highest BCUT2D eigenvalue weighted by molar-refractivity contribution is 8.18. The van der Waals surface area contributed by atoms with Crippen molar-refractivity contribution in [2.45, 2.75) is 6.92 Å². The fourth-order valence-corrected chi connectivity index (χ4v) is 4.61. The predicted octanol–water partition coefficient (Wildman–Crippen LogP) is 2.92. The number of para-hydroxylation sites is 1. The minimum Gasteiger partial charge on any atom is -0.493 e. The van der Waals surface area contributed by atoms with Crippen LogP contribution in [0.1, 0.15) is 11.1 Å². The second-order valence-corrected chi connectivity index (χ2v) is 9.32. The first-order valence-corrected chi connectivity index (χ1v) is 12.4. The molecule has 2 saturated heterocycles. The molecule has 0 atom stereocenters. The average molecular weight is 526 g/mol. The average Bonchev–Trinajstić information content (AvgIpc) is 3.16. The molecule has 0 radical (unpaired) electrons. The molecular formula is C26H27N3O7S. The molecule has 2 aliphatic heterocycles. The number of ether oxygens (including phenoxy) is 3. The van der Waals surface area contributed by atoms with Gasteiger partial charge in [0.05, 0.1) is 25.2 Å². The lowest BCUT2D eigenvalue weighted by molar-refractivity contribution is -0.137. The van der Waals surface area contributed by atoms with Crippen molar-refractivity contribution in [1.82, 2.24) is 9.80 Å². The number of nitrogens with one attached hydrogen (secondary N) is 1. The quantitative estimate of drug-likeness (QED) is 0.524. The lowest BCUT2D eigenvalue weighted by Crippen LogP contribution is -2.43. The number of imide groups is 1. The smallest absolute Gasteiger partial charge is 0.294 e. The molecular weight excluding hydrogens is 498 g/mol. The number of rotatable bonds is 8. The Morgan fingerprint density at radius 3 is 2.59 bits per heavy atom. The van der Waals surface area contributed by atoms with Gasteiger partial charge in [0.25, 0.3) is 17.1 Å². The largest absolute Gasteiger partial charge is 0.493 e. The number of amides is 4. The highest BCUT2D eigenvalue weighted by atomic mass is 32.2. The summed E-state index contributed by atoms with van der Waals surface area (Å²) in [6.07, 6.45) is 1.55. The van der Waals surface area contributed by atoms with Crippen LogP contribution in [-0.2, 0) is 19.1 Å². The van der Waals surface area contributed by atoms with Gasteiger partial charge >= 0.3 is 0 Å². The summed E-state index contributed by atoms with van der Waals surface area (Å²) in [5.74, 6) is -0.407. The molecule has 0 bridgehead atoms. The summed E-state index contributed by atoms with van der Waals surface area (Å²) in [5.41, 5.74) is 2.09. The lowest BCUT2D eigenvalue weighted by atomic mass is 10.2. The molecule has 0 unspecified atom stereocenters. The lowest BCUT2D eigenvalue weighted by Gasteiger charge is -2.26. The van der Waals surface area contributed by atoms with Gasteiger partial charge in [-0.05, 0) is 54.1 Å². The standard InChI is InChI=1S/C26H27N3O7S/c1-17-5-3-4-6-19(17)27-23(30)15-29-25(32)22(37-26(29)33)14-18-7-8-20(21(13-18)34-2)36-16-24(31)28-9-11-35-12-10-28/h3-8,13-14H,9-12,15-16H2,1-2H3,(H,27,30)/b22-14-. The number of aryl methyl sites for hydroxylation is 1. The van der Waals surface area contributed by atoms with Crippen molar-refractivity contribution in [3.63, 3.8) is 0 Å². The molecule has 2 aliphatic rings. The van der Waals surface area contributed by atoms with Crippen LogP contribution < -0.4 is 14.8 Å². The highest BCUT2D eigenvalue weighted by Crippen LogP contribution is 2.34. The zero-order chi connectivity index (χ0) is 26.4. The van der Waals surface area contributed by atoms with E-state index in [2.05, 4.69) is 5.32 Å². The summed E-state index contributed by atoms with van der Waals surface area (Å²) in [4.78, 5) is 52.9. The molecule has 2 aromatic carbocycles. The van der Waals surface area contributed by atoms with E-state index in [4.69, 9.17) is 14.2 Å². The molecule has 4 rings (SSSR count). The van der Waals surface area contributed by atoms with E-state index in [9.17, 15) is 19.2 Å². The number of hydrogen-bond acceptors (Lipinski definition) is 8. The predicted molar refractivity (Wildman–Crippen MR) is 138 cm³/mol. The summed E-state index contributed by atoms with van der Waals surface area (Å²) < 4.78 is 16.3. The van der Waals surface area contributed by atoms with Crippen LogP contribution >= 0.6 is 11.8 Å². The van der Waals surface area contributed by atoms with E-state index >= 15 is 0 Å². The van der Waals surface area contributed by atoms with Gasteiger partial charge < -0.3 is 24.4 Å². The van der Waals surface area contributed by atoms with Crippen molar-refractivity contribution in [1.29, 1.82) is 0 Å². The summed E-state index contributed by atoms with van der Waals surface area (Å²) in [7, 11) is 1.47. The summed E-state index contributed by atoms with van der Waals surface area (Å²) in [6.45, 7) is 3.40. The van der Waals surface area contributed by atoms with Crippen molar-refractivity contribution in [2.75, 3.05) is 51.9 Å². The Hall–Kier alpha value is -3.83.